The van der Waals surface area contributed by atoms with E-state index >= 15 is 0 Å². The molecule has 1 atom stereocenters. The van der Waals surface area contributed by atoms with Gasteiger partial charge in [-0.25, -0.2) is 4.79 Å². The second-order valence-electron chi connectivity index (χ2n) is 16.9. The molecular formula is C46H56N8O8. The van der Waals surface area contributed by atoms with E-state index in [4.69, 9.17) is 4.74 Å². The predicted molar refractivity (Wildman–Crippen MR) is 231 cm³/mol. The Morgan fingerprint density at radius 3 is 2.34 bits per heavy atom. The summed E-state index contributed by atoms with van der Waals surface area (Å²) in [7, 11) is 1.52. The van der Waals surface area contributed by atoms with Gasteiger partial charge in [-0.05, 0) is 105 Å². The summed E-state index contributed by atoms with van der Waals surface area (Å²) in [6.07, 6.45) is 3.38. The van der Waals surface area contributed by atoms with E-state index in [1.807, 2.05) is 42.4 Å². The first-order valence-corrected chi connectivity index (χ1v) is 21.5. The second-order valence-corrected chi connectivity index (χ2v) is 16.9. The number of phenols is 2. The summed E-state index contributed by atoms with van der Waals surface area (Å²) >= 11 is 0. The van der Waals surface area contributed by atoms with Crippen LogP contribution in [0.3, 0.4) is 0 Å². The molecule has 4 N–H and O–H groups in total. The van der Waals surface area contributed by atoms with Gasteiger partial charge in [-0.1, -0.05) is 32.0 Å². The molecule has 4 aromatic rings. The molecule has 3 aromatic carbocycles. The molecule has 2 fully saturated rings. The van der Waals surface area contributed by atoms with Crippen LogP contribution in [0.15, 0.2) is 54.6 Å². The number of likely N-dealkylation sites (tertiary alicyclic amines) is 2. The number of rotatable bonds is 14. The highest BCUT2D eigenvalue weighted by atomic mass is 16.5. The number of hydrogen-bond acceptors (Lipinski definition) is 11. The zero-order valence-corrected chi connectivity index (χ0v) is 35.8. The van der Waals surface area contributed by atoms with Crippen LogP contribution in [-0.4, -0.2) is 116 Å². The van der Waals surface area contributed by atoms with Crippen molar-refractivity contribution in [1.82, 2.24) is 34.8 Å². The van der Waals surface area contributed by atoms with Gasteiger partial charge in [0, 0.05) is 74.1 Å². The van der Waals surface area contributed by atoms with Crippen LogP contribution in [0.2, 0.25) is 0 Å². The molecule has 3 aliphatic heterocycles. The van der Waals surface area contributed by atoms with E-state index < -0.39 is 12.1 Å². The number of aldehydes is 1. The van der Waals surface area contributed by atoms with Crippen molar-refractivity contribution in [2.75, 3.05) is 45.2 Å². The van der Waals surface area contributed by atoms with E-state index in [2.05, 4.69) is 37.9 Å². The van der Waals surface area contributed by atoms with Crippen molar-refractivity contribution >= 4 is 35.8 Å². The third-order valence-electron chi connectivity index (χ3n) is 12.5. The molecule has 4 amide bonds. The third kappa shape index (κ3) is 9.59. The second kappa shape index (κ2) is 19.2. The molecule has 16 heteroatoms. The van der Waals surface area contributed by atoms with E-state index in [9.17, 15) is 34.2 Å². The molecule has 0 radical (unpaired) electrons. The summed E-state index contributed by atoms with van der Waals surface area (Å²) in [4.78, 5) is 69.0. The standard InChI is InChI=1S/C46H56N8O8/c1-28(2)36-22-37(41(57)23-40(36)56)43-50-49-29(3)54(43)33-10-8-30(9-11-33)24-51-18-16-32(17-19-51)44(59)52-20-14-31(15-21-52)27-62-46(61)48-39-7-5-6-35-38(39)25-53(45(35)60)34(26-55)12-13-42(58)47-4/h5-11,22-23,26,28,31-32,34,56-57H,12-21,24-25,27H2,1-4H3,(H,47,58)(H,48,61). The van der Waals surface area contributed by atoms with Crippen LogP contribution in [0.5, 0.6) is 11.5 Å². The Hall–Kier alpha value is -6.29. The number of benzene rings is 3. The number of carbonyl (C=O) groups excluding carboxylic acids is 5. The maximum absolute atomic E-state index is 13.6. The lowest BCUT2D eigenvalue weighted by Gasteiger charge is -2.37. The number of fused-ring (bicyclic) bond motifs is 1. The van der Waals surface area contributed by atoms with Crippen LogP contribution < -0.4 is 10.6 Å². The molecule has 3 aliphatic rings. The number of piperidine rings is 2. The van der Waals surface area contributed by atoms with Gasteiger partial charge >= 0.3 is 6.09 Å². The van der Waals surface area contributed by atoms with Gasteiger partial charge < -0.3 is 34.9 Å². The zero-order chi connectivity index (χ0) is 44.1. The average molecular weight is 849 g/mol. The van der Waals surface area contributed by atoms with Crippen LogP contribution in [0.4, 0.5) is 10.5 Å². The number of ether oxygens (including phenoxy) is 1. The van der Waals surface area contributed by atoms with Crippen molar-refractivity contribution in [1.29, 1.82) is 0 Å². The van der Waals surface area contributed by atoms with Gasteiger partial charge in [0.1, 0.15) is 23.6 Å². The molecule has 16 nitrogen and oxygen atoms in total. The Bertz CT molecular complexity index is 2290. The number of phenolic OH excluding ortho intramolecular Hbond substituents is 2. The molecule has 1 aromatic heterocycles. The van der Waals surface area contributed by atoms with Crippen molar-refractivity contribution in [2.24, 2.45) is 11.8 Å². The van der Waals surface area contributed by atoms with Gasteiger partial charge in [-0.2, -0.15) is 0 Å². The van der Waals surface area contributed by atoms with E-state index in [-0.39, 0.29) is 73.0 Å². The van der Waals surface area contributed by atoms with Crippen molar-refractivity contribution in [3.05, 3.63) is 82.7 Å². The summed E-state index contributed by atoms with van der Waals surface area (Å²) < 4.78 is 7.50. The maximum atomic E-state index is 13.6. The normalized spacial score (nSPS) is 16.6. The average Bonchev–Trinajstić information content (AvgIpc) is 3.82. The number of anilines is 1. The van der Waals surface area contributed by atoms with Gasteiger partial charge in [0.05, 0.1) is 18.2 Å². The summed E-state index contributed by atoms with van der Waals surface area (Å²) in [6.45, 7) is 9.78. The molecule has 62 heavy (non-hydrogen) atoms. The molecule has 1 unspecified atom stereocenters. The van der Waals surface area contributed by atoms with Gasteiger partial charge in [0.15, 0.2) is 5.82 Å². The van der Waals surface area contributed by atoms with Crippen molar-refractivity contribution in [2.45, 2.75) is 84.3 Å². The minimum absolute atomic E-state index is 0.0251. The Morgan fingerprint density at radius 1 is 0.935 bits per heavy atom. The number of aromatic hydroxyl groups is 2. The van der Waals surface area contributed by atoms with E-state index in [1.165, 1.54) is 18.0 Å². The summed E-state index contributed by atoms with van der Waals surface area (Å²) in [5.41, 5.74) is 4.65. The Morgan fingerprint density at radius 2 is 1.66 bits per heavy atom. The van der Waals surface area contributed by atoms with E-state index in [1.54, 1.807) is 24.3 Å². The summed E-state index contributed by atoms with van der Waals surface area (Å²) in [5, 5.41) is 35.1. The lowest BCUT2D eigenvalue weighted by Crippen LogP contribution is -2.45. The molecule has 7 rings (SSSR count). The Labute approximate surface area is 361 Å². The van der Waals surface area contributed by atoms with E-state index in [0.29, 0.717) is 59.0 Å². The molecule has 0 saturated carbocycles. The largest absolute Gasteiger partial charge is 0.508 e. The van der Waals surface area contributed by atoms with Crippen molar-refractivity contribution < 1.29 is 38.9 Å². The fourth-order valence-corrected chi connectivity index (χ4v) is 8.79. The molecule has 328 valence electrons. The van der Waals surface area contributed by atoms with E-state index in [0.717, 1.165) is 56.6 Å². The number of nitrogens with zero attached hydrogens (tertiary/aromatic N) is 6. The fraction of sp³-hybridized carbons (Fsp3) is 0.457. The van der Waals surface area contributed by atoms with Crippen LogP contribution in [0, 0.1) is 18.8 Å². The molecular weight excluding hydrogens is 793 g/mol. The summed E-state index contributed by atoms with van der Waals surface area (Å²) in [5.74, 6) is 0.929. The Kier molecular flexibility index (Phi) is 13.5. The molecule has 0 spiro atoms. The molecule has 4 heterocycles. The highest BCUT2D eigenvalue weighted by molar-refractivity contribution is 6.02. The van der Waals surface area contributed by atoms with Crippen LogP contribution >= 0.6 is 0 Å². The molecule has 2 saturated heterocycles. The lowest BCUT2D eigenvalue weighted by atomic mass is 9.92. The number of nitrogens with one attached hydrogen (secondary N) is 2. The van der Waals surface area contributed by atoms with Crippen LogP contribution in [-0.2, 0) is 32.2 Å². The minimum atomic E-state index is -0.767. The first kappa shape index (κ1) is 43.8. The van der Waals surface area contributed by atoms with Crippen LogP contribution in [0.25, 0.3) is 17.1 Å². The van der Waals surface area contributed by atoms with Crippen molar-refractivity contribution in [3.63, 3.8) is 0 Å². The molecule has 0 aliphatic carbocycles. The van der Waals surface area contributed by atoms with Gasteiger partial charge in [-0.3, -0.25) is 29.2 Å². The summed E-state index contributed by atoms with van der Waals surface area (Å²) in [6, 6.07) is 15.6. The fourth-order valence-electron chi connectivity index (χ4n) is 8.79. The zero-order valence-electron chi connectivity index (χ0n) is 35.8. The lowest BCUT2D eigenvalue weighted by molar-refractivity contribution is -0.138. The number of amides is 4. The Balaban J connectivity index is 0.845. The molecule has 0 bridgehead atoms. The van der Waals surface area contributed by atoms with Gasteiger partial charge in [0.2, 0.25) is 11.8 Å². The first-order valence-electron chi connectivity index (χ1n) is 21.5. The third-order valence-corrected chi connectivity index (χ3v) is 12.5. The highest BCUT2D eigenvalue weighted by Crippen LogP contribution is 2.38. The minimum Gasteiger partial charge on any atom is -0.508 e. The SMILES string of the molecule is CNC(=O)CCC(C=O)N1Cc2c(NC(=O)OCC3CCN(C(=O)C4CCN(Cc5ccc(-n6c(C)nnc6-c6cc(C(C)C)c(O)cc6O)cc5)CC4)CC3)cccc2C1=O. The smallest absolute Gasteiger partial charge is 0.411 e. The van der Waals surface area contributed by atoms with Gasteiger partial charge in [-0.15, -0.1) is 10.2 Å². The first-order chi connectivity index (χ1) is 29.8. The predicted octanol–water partition coefficient (Wildman–Crippen LogP) is 5.53. The maximum Gasteiger partial charge on any atom is 0.411 e. The number of hydrogen-bond donors (Lipinski definition) is 4. The monoisotopic (exact) mass is 848 g/mol. The number of aromatic nitrogens is 3. The topological polar surface area (TPSA) is 200 Å². The highest BCUT2D eigenvalue weighted by Gasteiger charge is 2.35. The quantitative estimate of drug-likeness (QED) is 0.117. The number of carbonyl (C=O) groups is 5. The van der Waals surface area contributed by atoms with Crippen LogP contribution in [0.1, 0.15) is 91.2 Å². The number of aryl methyl sites for hydroxylation is 1. The van der Waals surface area contributed by atoms with Crippen molar-refractivity contribution in [3.8, 4) is 28.6 Å². The van der Waals surface area contributed by atoms with Gasteiger partial charge in [0.25, 0.3) is 5.91 Å².